The summed E-state index contributed by atoms with van der Waals surface area (Å²) in [5.74, 6) is 1.31. The van der Waals surface area contributed by atoms with Crippen molar-refractivity contribution in [1.82, 2.24) is 10.9 Å². The van der Waals surface area contributed by atoms with E-state index >= 15 is 0 Å². The standard InChI is InChI=1S/C35H35BrClN3O5/c1-43-30-8-4-7-27(22-30)32-35(23-24-10-14-28(36)15-11-24,34(42)40-38-19-18-25-6-2-3-9-31(25)37)39-33(45-32)26-12-16-29(17-13-26)44-21-5-20-41/h2-4,6-17,22,32,38,41H,5,18-21,23H2,1H3,(H,40,42)/t32-,35-/m0/s1. The number of benzene rings is 4. The summed E-state index contributed by atoms with van der Waals surface area (Å²) in [6.45, 7) is 0.930. The molecule has 0 aliphatic carbocycles. The number of nitrogens with zero attached hydrogens (tertiary/aromatic N) is 1. The largest absolute Gasteiger partial charge is 0.497 e. The normalized spacial score (nSPS) is 17.3. The minimum absolute atomic E-state index is 0.0613. The summed E-state index contributed by atoms with van der Waals surface area (Å²) in [6, 6.07) is 30.3. The van der Waals surface area contributed by atoms with E-state index in [0.29, 0.717) is 54.0 Å². The van der Waals surface area contributed by atoms with E-state index in [1.807, 2.05) is 97.1 Å². The van der Waals surface area contributed by atoms with Crippen LogP contribution in [-0.2, 0) is 22.4 Å². The number of carbonyl (C=O) groups excluding carboxylic acids is 1. The van der Waals surface area contributed by atoms with Crippen LogP contribution in [0.25, 0.3) is 0 Å². The first kappa shape index (κ1) is 32.5. The Morgan fingerprint density at radius 2 is 1.80 bits per heavy atom. The highest BCUT2D eigenvalue weighted by atomic mass is 79.9. The summed E-state index contributed by atoms with van der Waals surface area (Å²) in [7, 11) is 1.60. The van der Waals surface area contributed by atoms with Gasteiger partial charge in [-0.1, -0.05) is 70.0 Å². The molecule has 1 aliphatic rings. The Morgan fingerprint density at radius 1 is 1.02 bits per heavy atom. The van der Waals surface area contributed by atoms with Crippen LogP contribution >= 0.6 is 27.5 Å². The Balaban J connectivity index is 1.49. The molecule has 0 unspecified atom stereocenters. The van der Waals surface area contributed by atoms with Crippen molar-refractivity contribution in [3.63, 3.8) is 0 Å². The lowest BCUT2D eigenvalue weighted by atomic mass is 9.82. The number of ether oxygens (including phenoxy) is 3. The number of halogens is 2. The first-order chi connectivity index (χ1) is 21.9. The van der Waals surface area contributed by atoms with Crippen molar-refractivity contribution < 1.29 is 24.1 Å². The van der Waals surface area contributed by atoms with Crippen molar-refractivity contribution in [1.29, 1.82) is 0 Å². The van der Waals surface area contributed by atoms with Crippen LogP contribution in [0, 0.1) is 0 Å². The second-order valence-electron chi connectivity index (χ2n) is 10.6. The molecule has 1 heterocycles. The molecular formula is C35H35BrClN3O5. The number of aliphatic hydroxyl groups excluding tert-OH is 1. The van der Waals surface area contributed by atoms with Gasteiger partial charge in [-0.3, -0.25) is 10.2 Å². The predicted molar refractivity (Wildman–Crippen MR) is 179 cm³/mol. The van der Waals surface area contributed by atoms with E-state index in [-0.39, 0.29) is 18.9 Å². The van der Waals surface area contributed by atoms with Gasteiger partial charge in [-0.05, 0) is 77.7 Å². The minimum Gasteiger partial charge on any atom is -0.497 e. The molecule has 0 aromatic heterocycles. The number of carbonyl (C=O) groups is 1. The molecular weight excluding hydrogens is 658 g/mol. The smallest absolute Gasteiger partial charge is 0.266 e. The quantitative estimate of drug-likeness (QED) is 0.107. The van der Waals surface area contributed by atoms with Gasteiger partial charge in [0.15, 0.2) is 11.6 Å². The number of methoxy groups -OCH3 is 1. The van der Waals surface area contributed by atoms with Crippen LogP contribution < -0.4 is 20.3 Å². The van der Waals surface area contributed by atoms with Crippen molar-refractivity contribution in [2.45, 2.75) is 30.9 Å². The number of rotatable bonds is 14. The SMILES string of the molecule is COc1cccc([C@@H]2OC(c3ccc(OCCCO)cc3)=N[C@]2(Cc2ccc(Br)cc2)C(=O)NNCCc2ccccc2Cl)c1. The summed E-state index contributed by atoms with van der Waals surface area (Å²) >= 11 is 9.85. The molecule has 234 valence electrons. The third-order valence-corrected chi connectivity index (χ3v) is 8.39. The van der Waals surface area contributed by atoms with Gasteiger partial charge >= 0.3 is 0 Å². The highest BCUT2D eigenvalue weighted by molar-refractivity contribution is 9.10. The van der Waals surface area contributed by atoms with Crippen molar-refractivity contribution in [2.75, 3.05) is 26.9 Å². The molecule has 0 radical (unpaired) electrons. The van der Waals surface area contributed by atoms with Gasteiger partial charge in [-0.15, -0.1) is 0 Å². The number of aliphatic imine (C=N–C) groups is 1. The van der Waals surface area contributed by atoms with E-state index in [0.717, 1.165) is 21.2 Å². The molecule has 0 saturated heterocycles. The Morgan fingerprint density at radius 3 is 2.53 bits per heavy atom. The van der Waals surface area contributed by atoms with Crippen molar-refractivity contribution in [3.8, 4) is 11.5 Å². The average molecular weight is 693 g/mol. The molecule has 4 aromatic rings. The van der Waals surface area contributed by atoms with Gasteiger partial charge in [-0.25, -0.2) is 10.4 Å². The van der Waals surface area contributed by atoms with E-state index in [2.05, 4.69) is 26.8 Å². The van der Waals surface area contributed by atoms with Crippen LogP contribution in [0.3, 0.4) is 0 Å². The first-order valence-corrected chi connectivity index (χ1v) is 15.8. The maximum atomic E-state index is 14.4. The molecule has 8 nitrogen and oxygen atoms in total. The molecule has 4 aromatic carbocycles. The van der Waals surface area contributed by atoms with Crippen LogP contribution in [0.5, 0.6) is 11.5 Å². The van der Waals surface area contributed by atoms with E-state index in [1.165, 1.54) is 0 Å². The maximum absolute atomic E-state index is 14.4. The molecule has 0 spiro atoms. The highest BCUT2D eigenvalue weighted by Gasteiger charge is 2.53. The number of nitrogens with one attached hydrogen (secondary N) is 2. The average Bonchev–Trinajstić information content (AvgIpc) is 3.45. The number of hydrogen-bond acceptors (Lipinski definition) is 7. The lowest BCUT2D eigenvalue weighted by molar-refractivity contribution is -0.130. The molecule has 0 bridgehead atoms. The zero-order chi connectivity index (χ0) is 31.6. The van der Waals surface area contributed by atoms with Gasteiger partial charge < -0.3 is 19.3 Å². The summed E-state index contributed by atoms with van der Waals surface area (Å²) in [5, 5.41) is 9.74. The molecule has 45 heavy (non-hydrogen) atoms. The van der Waals surface area contributed by atoms with Crippen molar-refractivity contribution in [2.24, 2.45) is 4.99 Å². The molecule has 1 aliphatic heterocycles. The topological polar surface area (TPSA) is 101 Å². The Hall–Kier alpha value is -3.89. The molecule has 0 fully saturated rings. The van der Waals surface area contributed by atoms with Crippen molar-refractivity contribution >= 4 is 39.3 Å². The third-order valence-electron chi connectivity index (χ3n) is 7.49. The van der Waals surface area contributed by atoms with Gasteiger partial charge in [0.25, 0.3) is 5.91 Å². The summed E-state index contributed by atoms with van der Waals surface area (Å²) in [4.78, 5) is 19.4. The Labute approximate surface area is 276 Å². The van der Waals surface area contributed by atoms with Crippen LogP contribution in [-0.4, -0.2) is 49.3 Å². The van der Waals surface area contributed by atoms with Gasteiger partial charge in [0.2, 0.25) is 5.90 Å². The summed E-state index contributed by atoms with van der Waals surface area (Å²) in [6.07, 6.45) is 0.667. The van der Waals surface area contributed by atoms with E-state index in [9.17, 15) is 4.79 Å². The number of hydrogen-bond donors (Lipinski definition) is 3. The third kappa shape index (κ3) is 8.04. The molecule has 0 saturated carbocycles. The fourth-order valence-corrected chi connectivity index (χ4v) is 5.64. The fraction of sp³-hybridized carbons (Fsp3) is 0.257. The fourth-order valence-electron chi connectivity index (χ4n) is 5.15. The first-order valence-electron chi connectivity index (χ1n) is 14.7. The van der Waals surface area contributed by atoms with Crippen LogP contribution in [0.4, 0.5) is 0 Å². The zero-order valence-corrected chi connectivity index (χ0v) is 27.2. The van der Waals surface area contributed by atoms with E-state index in [4.69, 9.17) is 35.9 Å². The summed E-state index contributed by atoms with van der Waals surface area (Å²) in [5.41, 5.74) is 7.99. The molecule has 3 N–H and O–H groups in total. The summed E-state index contributed by atoms with van der Waals surface area (Å²) < 4.78 is 18.8. The number of hydrazine groups is 1. The van der Waals surface area contributed by atoms with Gasteiger partial charge in [0, 0.05) is 41.1 Å². The van der Waals surface area contributed by atoms with Gasteiger partial charge in [-0.2, -0.15) is 0 Å². The van der Waals surface area contributed by atoms with Gasteiger partial charge in [0.1, 0.15) is 11.5 Å². The lowest BCUT2D eigenvalue weighted by Gasteiger charge is -2.31. The molecule has 5 rings (SSSR count). The lowest BCUT2D eigenvalue weighted by Crippen LogP contribution is -2.54. The minimum atomic E-state index is -1.37. The van der Waals surface area contributed by atoms with E-state index in [1.54, 1.807) is 7.11 Å². The number of aliphatic hydroxyl groups is 1. The zero-order valence-electron chi connectivity index (χ0n) is 24.8. The second-order valence-corrected chi connectivity index (χ2v) is 11.9. The predicted octanol–water partition coefficient (Wildman–Crippen LogP) is 6.24. The van der Waals surface area contributed by atoms with Gasteiger partial charge in [0.05, 0.1) is 13.7 Å². The Bertz CT molecular complexity index is 1620. The molecule has 10 heteroatoms. The van der Waals surface area contributed by atoms with Crippen molar-refractivity contribution in [3.05, 3.63) is 129 Å². The molecule has 1 amide bonds. The second kappa shape index (κ2) is 15.4. The Kier molecular flexibility index (Phi) is 11.1. The monoisotopic (exact) mass is 691 g/mol. The van der Waals surface area contributed by atoms with Crippen LogP contribution in [0.2, 0.25) is 5.02 Å². The van der Waals surface area contributed by atoms with Crippen LogP contribution in [0.1, 0.15) is 34.8 Å². The van der Waals surface area contributed by atoms with Crippen LogP contribution in [0.15, 0.2) is 107 Å². The number of amides is 1. The maximum Gasteiger partial charge on any atom is 0.266 e. The van der Waals surface area contributed by atoms with E-state index < -0.39 is 11.6 Å². The highest BCUT2D eigenvalue weighted by Crippen LogP contribution is 2.43. The molecule has 2 atom stereocenters.